The zero-order valence-electron chi connectivity index (χ0n) is 19.5. The lowest BCUT2D eigenvalue weighted by Gasteiger charge is -2.24. The molecule has 1 heterocycles. The van der Waals surface area contributed by atoms with Crippen molar-refractivity contribution in [3.05, 3.63) is 124 Å². The standard InChI is InChI=1S/C29H23ClN2O3S/c1-19-6-2-3-7-22(19)18-32-25-16-21(28(33)31-17-20-10-13-23(30)14-11-20)12-15-27(25)36(35)26-9-5-4-8-24(26)29(32)34/h2-16H,17-18H2,1H3,(H,31,33). The van der Waals surface area contributed by atoms with Gasteiger partial charge in [0, 0.05) is 17.1 Å². The molecule has 1 atom stereocenters. The van der Waals surface area contributed by atoms with Gasteiger partial charge in [0.2, 0.25) is 0 Å². The maximum Gasteiger partial charge on any atom is 0.259 e. The van der Waals surface area contributed by atoms with Crippen molar-refractivity contribution < 1.29 is 13.8 Å². The average molecular weight is 515 g/mol. The molecular formula is C29H23ClN2O3S. The van der Waals surface area contributed by atoms with Crippen molar-refractivity contribution in [3.63, 3.8) is 0 Å². The van der Waals surface area contributed by atoms with Crippen molar-refractivity contribution in [2.45, 2.75) is 29.8 Å². The van der Waals surface area contributed by atoms with Gasteiger partial charge in [-0.3, -0.25) is 9.59 Å². The van der Waals surface area contributed by atoms with Gasteiger partial charge in [-0.05, 0) is 66.1 Å². The number of anilines is 1. The van der Waals surface area contributed by atoms with Crippen molar-refractivity contribution in [1.29, 1.82) is 0 Å². The molecule has 4 aromatic carbocycles. The van der Waals surface area contributed by atoms with Crippen molar-refractivity contribution in [2.24, 2.45) is 0 Å². The summed E-state index contributed by atoms with van der Waals surface area (Å²) < 4.78 is 13.6. The summed E-state index contributed by atoms with van der Waals surface area (Å²) in [5, 5.41) is 3.54. The molecule has 4 aromatic rings. The molecule has 7 heteroatoms. The number of benzene rings is 4. The number of nitrogens with one attached hydrogen (secondary N) is 1. The minimum absolute atomic E-state index is 0.250. The summed E-state index contributed by atoms with van der Waals surface area (Å²) in [6.07, 6.45) is 0. The fourth-order valence-electron chi connectivity index (χ4n) is 4.21. The number of hydrogen-bond acceptors (Lipinski definition) is 3. The fraction of sp³-hybridized carbons (Fsp3) is 0.103. The predicted octanol–water partition coefficient (Wildman–Crippen LogP) is 5.91. The smallest absolute Gasteiger partial charge is 0.259 e. The van der Waals surface area contributed by atoms with Gasteiger partial charge in [0.05, 0.1) is 38.4 Å². The molecule has 0 saturated heterocycles. The quantitative estimate of drug-likeness (QED) is 0.360. The van der Waals surface area contributed by atoms with Gasteiger partial charge in [-0.15, -0.1) is 0 Å². The van der Waals surface area contributed by atoms with E-state index in [9.17, 15) is 13.8 Å². The second kappa shape index (κ2) is 10.1. The molecule has 1 unspecified atom stereocenters. The van der Waals surface area contributed by atoms with Gasteiger partial charge < -0.3 is 10.2 Å². The van der Waals surface area contributed by atoms with Crippen LogP contribution in [0.4, 0.5) is 5.69 Å². The van der Waals surface area contributed by atoms with E-state index in [1.807, 2.05) is 43.3 Å². The Kier molecular flexibility index (Phi) is 6.72. The van der Waals surface area contributed by atoms with E-state index in [0.717, 1.165) is 16.7 Å². The second-order valence-electron chi connectivity index (χ2n) is 8.57. The van der Waals surface area contributed by atoms with E-state index in [-0.39, 0.29) is 11.8 Å². The minimum atomic E-state index is -1.58. The summed E-state index contributed by atoms with van der Waals surface area (Å²) in [5.74, 6) is -0.539. The molecule has 1 aliphatic heterocycles. The highest BCUT2D eigenvalue weighted by molar-refractivity contribution is 7.85. The number of carbonyl (C=O) groups is 2. The Morgan fingerprint density at radius 2 is 1.64 bits per heavy atom. The van der Waals surface area contributed by atoms with Crippen LogP contribution in [0.15, 0.2) is 101 Å². The average Bonchev–Trinajstić information content (AvgIpc) is 2.98. The van der Waals surface area contributed by atoms with Crippen molar-refractivity contribution in [1.82, 2.24) is 5.32 Å². The summed E-state index contributed by atoms with van der Waals surface area (Å²) in [6.45, 7) is 2.61. The number of carbonyl (C=O) groups excluding carboxylic acids is 2. The highest BCUT2D eigenvalue weighted by Gasteiger charge is 2.31. The molecule has 180 valence electrons. The largest absolute Gasteiger partial charge is 0.348 e. The Balaban J connectivity index is 1.54. The Morgan fingerprint density at radius 3 is 2.42 bits per heavy atom. The van der Waals surface area contributed by atoms with Crippen LogP contribution in [-0.4, -0.2) is 16.0 Å². The minimum Gasteiger partial charge on any atom is -0.348 e. The number of aryl methyl sites for hydroxylation is 1. The Hall–Kier alpha value is -3.74. The van der Waals surface area contributed by atoms with E-state index in [4.69, 9.17) is 11.6 Å². The maximum atomic E-state index is 13.8. The van der Waals surface area contributed by atoms with Gasteiger partial charge in [-0.1, -0.05) is 60.1 Å². The summed E-state index contributed by atoms with van der Waals surface area (Å²) in [4.78, 5) is 29.4. The third-order valence-electron chi connectivity index (χ3n) is 6.23. The molecule has 0 aromatic heterocycles. The molecule has 0 bridgehead atoms. The topological polar surface area (TPSA) is 66.5 Å². The van der Waals surface area contributed by atoms with Crippen LogP contribution in [0.2, 0.25) is 5.02 Å². The third kappa shape index (κ3) is 4.70. The van der Waals surface area contributed by atoms with Crippen molar-refractivity contribution in [3.8, 4) is 0 Å². The van der Waals surface area contributed by atoms with E-state index in [0.29, 0.717) is 44.7 Å². The van der Waals surface area contributed by atoms with Crippen LogP contribution in [0.5, 0.6) is 0 Å². The molecule has 1 aliphatic rings. The van der Waals surface area contributed by atoms with E-state index in [1.165, 1.54) is 0 Å². The zero-order valence-corrected chi connectivity index (χ0v) is 21.1. The van der Waals surface area contributed by atoms with Gasteiger partial charge >= 0.3 is 0 Å². The second-order valence-corrected chi connectivity index (χ2v) is 10.4. The number of rotatable bonds is 5. The summed E-state index contributed by atoms with van der Waals surface area (Å²) in [6, 6.07) is 27.0. The highest BCUT2D eigenvalue weighted by Crippen LogP contribution is 2.36. The molecule has 0 spiro atoms. The lowest BCUT2D eigenvalue weighted by atomic mass is 10.1. The normalized spacial score (nSPS) is 14.6. The zero-order chi connectivity index (χ0) is 25.2. The van der Waals surface area contributed by atoms with Crippen LogP contribution in [0.1, 0.15) is 37.4 Å². The van der Waals surface area contributed by atoms with Crippen LogP contribution in [0.25, 0.3) is 0 Å². The van der Waals surface area contributed by atoms with E-state index in [2.05, 4.69) is 5.32 Å². The van der Waals surface area contributed by atoms with Gasteiger partial charge in [0.25, 0.3) is 11.8 Å². The van der Waals surface area contributed by atoms with Crippen LogP contribution in [0, 0.1) is 6.92 Å². The van der Waals surface area contributed by atoms with E-state index >= 15 is 0 Å². The molecule has 5 nitrogen and oxygen atoms in total. The Morgan fingerprint density at radius 1 is 0.917 bits per heavy atom. The van der Waals surface area contributed by atoms with Crippen LogP contribution in [0.3, 0.4) is 0 Å². The first-order valence-corrected chi connectivity index (χ1v) is 13.0. The van der Waals surface area contributed by atoms with Gasteiger partial charge in [-0.25, -0.2) is 4.21 Å². The number of fused-ring (bicyclic) bond motifs is 2. The molecule has 1 N–H and O–H groups in total. The van der Waals surface area contributed by atoms with Gasteiger partial charge in [0.15, 0.2) is 0 Å². The number of hydrogen-bond donors (Lipinski definition) is 1. The van der Waals surface area contributed by atoms with Gasteiger partial charge in [-0.2, -0.15) is 0 Å². The molecule has 0 fully saturated rings. The summed E-state index contributed by atoms with van der Waals surface area (Å²) >= 11 is 5.95. The fourth-order valence-corrected chi connectivity index (χ4v) is 5.68. The lowest BCUT2D eigenvalue weighted by molar-refractivity contribution is 0.0947. The molecular weight excluding hydrogens is 492 g/mol. The molecule has 2 amide bonds. The molecule has 0 aliphatic carbocycles. The summed E-state index contributed by atoms with van der Waals surface area (Å²) in [7, 11) is -1.58. The number of nitrogens with zero attached hydrogens (tertiary/aromatic N) is 1. The number of halogens is 1. The highest BCUT2D eigenvalue weighted by atomic mass is 35.5. The first kappa shape index (κ1) is 24.0. The predicted molar refractivity (Wildman–Crippen MR) is 142 cm³/mol. The van der Waals surface area contributed by atoms with Crippen molar-refractivity contribution >= 4 is 39.9 Å². The lowest BCUT2D eigenvalue weighted by Crippen LogP contribution is -2.31. The van der Waals surface area contributed by atoms with Crippen LogP contribution >= 0.6 is 11.6 Å². The van der Waals surface area contributed by atoms with E-state index in [1.54, 1.807) is 59.5 Å². The Labute approximate surface area is 217 Å². The first-order chi connectivity index (χ1) is 17.4. The Bertz CT molecular complexity index is 1500. The SMILES string of the molecule is Cc1ccccc1CN1C(=O)c2ccccc2S(=O)c2ccc(C(=O)NCc3ccc(Cl)cc3)cc21. The molecule has 0 radical (unpaired) electrons. The monoisotopic (exact) mass is 514 g/mol. The van der Waals surface area contributed by atoms with Crippen molar-refractivity contribution in [2.75, 3.05) is 4.90 Å². The first-order valence-electron chi connectivity index (χ1n) is 11.5. The van der Waals surface area contributed by atoms with E-state index < -0.39 is 10.8 Å². The summed E-state index contributed by atoms with van der Waals surface area (Å²) in [5.41, 5.74) is 4.18. The number of amides is 2. The van der Waals surface area contributed by atoms with Crippen LogP contribution in [-0.2, 0) is 23.9 Å². The van der Waals surface area contributed by atoms with Gasteiger partial charge in [0.1, 0.15) is 0 Å². The maximum absolute atomic E-state index is 13.8. The molecule has 0 saturated carbocycles. The molecule has 5 rings (SSSR count). The third-order valence-corrected chi connectivity index (χ3v) is 7.98. The molecule has 36 heavy (non-hydrogen) atoms. The van der Waals surface area contributed by atoms with Crippen LogP contribution < -0.4 is 10.2 Å².